The lowest BCUT2D eigenvalue weighted by molar-refractivity contribution is -0.119. The van der Waals surface area contributed by atoms with Gasteiger partial charge in [-0.3, -0.25) is 14.2 Å². The molecule has 4 rings (SSSR count). The number of para-hydroxylation sites is 3. The number of aromatic nitrogens is 2. The number of thioether (sulfide) groups is 1. The Morgan fingerprint density at radius 1 is 1.07 bits per heavy atom. The van der Waals surface area contributed by atoms with Crippen LogP contribution in [0.2, 0.25) is 0 Å². The number of hydrogen-bond donors (Lipinski definition) is 0. The Hall–Kier alpha value is -2.60. The van der Waals surface area contributed by atoms with Gasteiger partial charge >= 0.3 is 0 Å². The third kappa shape index (κ3) is 3.37. The summed E-state index contributed by atoms with van der Waals surface area (Å²) in [7, 11) is 1.58. The van der Waals surface area contributed by atoms with Crippen molar-refractivity contribution in [2.45, 2.75) is 36.1 Å². The molecule has 6 heteroatoms. The predicted octanol–water partition coefficient (Wildman–Crippen LogP) is 4.00. The number of carbonyl (C=O) groups is 1. The van der Waals surface area contributed by atoms with Crippen molar-refractivity contribution in [1.29, 1.82) is 0 Å². The van der Waals surface area contributed by atoms with Gasteiger partial charge in [-0.2, -0.15) is 0 Å². The van der Waals surface area contributed by atoms with E-state index in [2.05, 4.69) is 0 Å². The van der Waals surface area contributed by atoms with E-state index in [0.717, 1.165) is 19.3 Å². The smallest absolute Gasteiger partial charge is 0.266 e. The molecule has 0 spiro atoms. The van der Waals surface area contributed by atoms with Gasteiger partial charge in [0.2, 0.25) is 0 Å². The maximum Gasteiger partial charge on any atom is 0.266 e. The van der Waals surface area contributed by atoms with Crippen LogP contribution in [0.5, 0.6) is 5.75 Å². The van der Waals surface area contributed by atoms with Gasteiger partial charge in [-0.15, -0.1) is 0 Å². The molecule has 1 fully saturated rings. The molecular formula is C21H20N2O3S. The van der Waals surface area contributed by atoms with E-state index in [1.807, 2.05) is 42.5 Å². The maximum atomic E-state index is 13.3. The highest BCUT2D eigenvalue weighted by molar-refractivity contribution is 8.00. The zero-order valence-electron chi connectivity index (χ0n) is 15.1. The van der Waals surface area contributed by atoms with Crippen LogP contribution in [-0.2, 0) is 4.79 Å². The van der Waals surface area contributed by atoms with Crippen LogP contribution in [0.3, 0.4) is 0 Å². The van der Waals surface area contributed by atoms with Crippen LogP contribution in [0.4, 0.5) is 0 Å². The van der Waals surface area contributed by atoms with Crippen LogP contribution in [0, 0.1) is 0 Å². The monoisotopic (exact) mass is 380 g/mol. The van der Waals surface area contributed by atoms with Gasteiger partial charge in [-0.25, -0.2) is 4.98 Å². The van der Waals surface area contributed by atoms with Crippen LogP contribution >= 0.6 is 11.8 Å². The zero-order chi connectivity index (χ0) is 18.8. The van der Waals surface area contributed by atoms with Crippen molar-refractivity contribution in [3.63, 3.8) is 0 Å². The summed E-state index contributed by atoms with van der Waals surface area (Å²) < 4.78 is 7.05. The molecule has 27 heavy (non-hydrogen) atoms. The molecule has 138 valence electrons. The molecule has 1 aliphatic carbocycles. The molecule has 3 aromatic rings. The predicted molar refractivity (Wildman–Crippen MR) is 107 cm³/mol. The van der Waals surface area contributed by atoms with Crippen LogP contribution in [-0.4, -0.2) is 27.7 Å². The third-order valence-electron chi connectivity index (χ3n) is 4.82. The van der Waals surface area contributed by atoms with Crippen LogP contribution < -0.4 is 10.3 Å². The van der Waals surface area contributed by atoms with Gasteiger partial charge in [0.15, 0.2) is 5.16 Å². The van der Waals surface area contributed by atoms with Crippen molar-refractivity contribution in [3.05, 3.63) is 58.9 Å². The Kier molecular flexibility index (Phi) is 4.99. The second kappa shape index (κ2) is 7.56. The first-order valence-electron chi connectivity index (χ1n) is 9.03. The molecule has 1 aliphatic rings. The molecular weight excluding hydrogens is 360 g/mol. The summed E-state index contributed by atoms with van der Waals surface area (Å²) in [5, 5.41) is 0.916. The first-order chi connectivity index (χ1) is 13.2. The molecule has 5 nitrogen and oxygen atoms in total. The number of fused-ring (bicyclic) bond motifs is 1. The van der Waals surface area contributed by atoms with E-state index in [-0.39, 0.29) is 16.6 Å². The van der Waals surface area contributed by atoms with Crippen molar-refractivity contribution < 1.29 is 9.53 Å². The summed E-state index contributed by atoms with van der Waals surface area (Å²) in [4.78, 5) is 30.4. The van der Waals surface area contributed by atoms with E-state index in [1.165, 1.54) is 11.8 Å². The Balaban J connectivity index is 1.93. The number of hydrogen-bond acceptors (Lipinski definition) is 5. The second-order valence-electron chi connectivity index (χ2n) is 6.54. The summed E-state index contributed by atoms with van der Waals surface area (Å²) in [6.45, 7) is 0. The lowest BCUT2D eigenvalue weighted by Crippen LogP contribution is -2.26. The fourth-order valence-corrected chi connectivity index (χ4v) is 4.65. The van der Waals surface area contributed by atoms with E-state index in [0.29, 0.717) is 33.9 Å². The van der Waals surface area contributed by atoms with Crippen LogP contribution in [0.15, 0.2) is 58.5 Å². The Morgan fingerprint density at radius 2 is 1.85 bits per heavy atom. The number of rotatable bonds is 4. The van der Waals surface area contributed by atoms with E-state index in [4.69, 9.17) is 9.72 Å². The number of carbonyl (C=O) groups excluding carboxylic acids is 1. The summed E-state index contributed by atoms with van der Waals surface area (Å²) in [5.74, 6) is 0.828. The molecule has 1 atom stereocenters. The number of ether oxygens (including phenoxy) is 1. The molecule has 1 aromatic heterocycles. The minimum atomic E-state index is -0.159. The summed E-state index contributed by atoms with van der Waals surface area (Å²) in [5.41, 5.74) is 1.12. The standard InChI is InChI=1S/C21H20N2O3S/c1-26-18-12-6-4-10-16(18)23-20(25)14-8-2-3-9-15(14)22-21(23)27-19-13-7-5-11-17(19)24/h2-4,6,8-10,12,19H,5,7,11,13H2,1H3. The summed E-state index contributed by atoms with van der Waals surface area (Å²) >= 11 is 1.39. The van der Waals surface area contributed by atoms with E-state index in [9.17, 15) is 9.59 Å². The number of ketones is 1. The van der Waals surface area contributed by atoms with Crippen LogP contribution in [0.1, 0.15) is 25.7 Å². The van der Waals surface area contributed by atoms with Gasteiger partial charge < -0.3 is 4.74 Å². The maximum absolute atomic E-state index is 13.3. The fraction of sp³-hybridized carbons (Fsp3) is 0.286. The number of nitrogens with zero attached hydrogens (tertiary/aromatic N) is 2. The molecule has 0 aliphatic heterocycles. The zero-order valence-corrected chi connectivity index (χ0v) is 15.9. The first kappa shape index (κ1) is 17.8. The van der Waals surface area contributed by atoms with Gasteiger partial charge in [-0.1, -0.05) is 42.4 Å². The van der Waals surface area contributed by atoms with E-state index < -0.39 is 0 Å². The molecule has 0 amide bonds. The van der Waals surface area contributed by atoms with Crippen molar-refractivity contribution in [2.24, 2.45) is 0 Å². The number of benzene rings is 2. The lowest BCUT2D eigenvalue weighted by atomic mass is 9.99. The molecule has 2 aromatic carbocycles. The number of methoxy groups -OCH3 is 1. The first-order valence-corrected chi connectivity index (χ1v) is 9.91. The molecule has 0 bridgehead atoms. The molecule has 1 heterocycles. The highest BCUT2D eigenvalue weighted by Crippen LogP contribution is 2.33. The van der Waals surface area contributed by atoms with Gasteiger partial charge in [0.05, 0.1) is 29.0 Å². The second-order valence-corrected chi connectivity index (χ2v) is 7.71. The summed E-state index contributed by atoms with van der Waals surface area (Å²) in [6, 6.07) is 14.7. The largest absolute Gasteiger partial charge is 0.495 e. The molecule has 0 radical (unpaired) electrons. The van der Waals surface area contributed by atoms with Gasteiger partial charge in [0, 0.05) is 6.42 Å². The van der Waals surface area contributed by atoms with E-state index >= 15 is 0 Å². The lowest BCUT2D eigenvalue weighted by Gasteiger charge is -2.22. The Morgan fingerprint density at radius 3 is 2.67 bits per heavy atom. The quantitative estimate of drug-likeness (QED) is 0.640. The average Bonchev–Trinajstić information content (AvgIpc) is 2.70. The van der Waals surface area contributed by atoms with Crippen LogP contribution in [0.25, 0.3) is 16.6 Å². The molecule has 0 saturated heterocycles. The molecule has 1 unspecified atom stereocenters. The fourth-order valence-electron chi connectivity index (χ4n) is 3.42. The van der Waals surface area contributed by atoms with Crippen molar-refractivity contribution in [2.75, 3.05) is 7.11 Å². The third-order valence-corrected chi connectivity index (χ3v) is 6.09. The van der Waals surface area contributed by atoms with Crippen molar-refractivity contribution in [3.8, 4) is 11.4 Å². The normalized spacial score (nSPS) is 17.2. The van der Waals surface area contributed by atoms with Gasteiger partial charge in [0.25, 0.3) is 5.56 Å². The molecule has 1 saturated carbocycles. The summed E-state index contributed by atoms with van der Waals surface area (Å²) in [6.07, 6.45) is 3.39. The minimum absolute atomic E-state index is 0.157. The highest BCUT2D eigenvalue weighted by Gasteiger charge is 2.26. The Bertz CT molecular complexity index is 1060. The minimum Gasteiger partial charge on any atom is -0.495 e. The van der Waals surface area contributed by atoms with Crippen molar-refractivity contribution >= 4 is 28.4 Å². The Labute approximate surface area is 161 Å². The van der Waals surface area contributed by atoms with Gasteiger partial charge in [0.1, 0.15) is 11.5 Å². The van der Waals surface area contributed by atoms with E-state index in [1.54, 1.807) is 17.7 Å². The highest BCUT2D eigenvalue weighted by atomic mass is 32.2. The van der Waals surface area contributed by atoms with Gasteiger partial charge in [-0.05, 0) is 37.1 Å². The molecule has 0 N–H and O–H groups in total. The van der Waals surface area contributed by atoms with Crippen molar-refractivity contribution in [1.82, 2.24) is 9.55 Å². The SMILES string of the molecule is COc1ccccc1-n1c(SC2CCCCC2=O)nc2ccccc2c1=O. The average molecular weight is 380 g/mol. The number of Topliss-reactive ketones (excluding diaryl/α,β-unsaturated/α-hetero) is 1. The topological polar surface area (TPSA) is 61.2 Å².